The lowest BCUT2D eigenvalue weighted by atomic mass is 9.85. The van der Waals surface area contributed by atoms with Crippen molar-refractivity contribution in [3.63, 3.8) is 0 Å². The maximum atomic E-state index is 13.3. The van der Waals surface area contributed by atoms with Crippen molar-refractivity contribution in [2.24, 2.45) is 5.41 Å². The van der Waals surface area contributed by atoms with Crippen molar-refractivity contribution in [1.82, 2.24) is 15.1 Å². The second kappa shape index (κ2) is 9.43. The number of carboxylic acid groups (broad SMARTS) is 1. The molecule has 2 unspecified atom stereocenters. The molecule has 7 nitrogen and oxygen atoms in total. The molecule has 0 spiro atoms. The van der Waals surface area contributed by atoms with Gasteiger partial charge < -0.3 is 15.3 Å². The third kappa shape index (κ3) is 5.48. The molecule has 1 aromatic rings. The van der Waals surface area contributed by atoms with E-state index in [9.17, 15) is 14.4 Å². The van der Waals surface area contributed by atoms with Crippen molar-refractivity contribution in [1.29, 1.82) is 0 Å². The zero-order valence-corrected chi connectivity index (χ0v) is 18.7. The van der Waals surface area contributed by atoms with Gasteiger partial charge in [0.1, 0.15) is 12.1 Å². The summed E-state index contributed by atoms with van der Waals surface area (Å²) in [5.41, 5.74) is 1.78. The summed E-state index contributed by atoms with van der Waals surface area (Å²) in [6.07, 6.45) is 2.38. The number of hydrogen-bond donors (Lipinski definition) is 2. The van der Waals surface area contributed by atoms with Crippen LogP contribution < -0.4 is 5.32 Å². The van der Waals surface area contributed by atoms with Crippen LogP contribution in [0.4, 0.5) is 0 Å². The number of carbonyl (C=O) groups is 3. The summed E-state index contributed by atoms with van der Waals surface area (Å²) in [7, 11) is 3.53. The summed E-state index contributed by atoms with van der Waals surface area (Å²) >= 11 is 0. The van der Waals surface area contributed by atoms with Gasteiger partial charge in [-0.2, -0.15) is 0 Å². The van der Waals surface area contributed by atoms with Gasteiger partial charge in [0.15, 0.2) is 0 Å². The predicted molar refractivity (Wildman–Crippen MR) is 116 cm³/mol. The summed E-state index contributed by atoms with van der Waals surface area (Å²) in [5.74, 6) is -1.48. The molecule has 0 bridgehead atoms. The summed E-state index contributed by atoms with van der Waals surface area (Å²) in [5, 5.41) is 12.0. The maximum Gasteiger partial charge on any atom is 0.331 e. The van der Waals surface area contributed by atoms with Crippen LogP contribution in [-0.2, 0) is 20.8 Å². The van der Waals surface area contributed by atoms with Gasteiger partial charge in [0, 0.05) is 25.7 Å². The first-order chi connectivity index (χ1) is 13.9. The third-order valence-electron chi connectivity index (χ3n) is 5.56. The molecule has 0 fully saturated rings. The molecule has 0 aliphatic carbocycles. The highest BCUT2D eigenvalue weighted by Crippen LogP contribution is 2.30. The first-order valence-corrected chi connectivity index (χ1v) is 10.2. The minimum atomic E-state index is -1.02. The lowest BCUT2D eigenvalue weighted by Crippen LogP contribution is -2.56. The van der Waals surface area contributed by atoms with Crippen LogP contribution in [0.5, 0.6) is 0 Å². The normalized spacial score (nSPS) is 18.3. The molecule has 2 amide bonds. The maximum absolute atomic E-state index is 13.3. The monoisotopic (exact) mass is 415 g/mol. The largest absolute Gasteiger partial charge is 0.478 e. The van der Waals surface area contributed by atoms with Crippen molar-refractivity contribution in [2.75, 3.05) is 27.2 Å². The molecule has 0 saturated heterocycles. The molecule has 1 aliphatic heterocycles. The minimum absolute atomic E-state index is 0.158. The lowest BCUT2D eigenvalue weighted by molar-refractivity contribution is -0.139. The Labute approximate surface area is 178 Å². The van der Waals surface area contributed by atoms with E-state index < -0.39 is 23.5 Å². The van der Waals surface area contributed by atoms with E-state index in [1.165, 1.54) is 17.9 Å². The molecule has 7 heteroatoms. The number of benzene rings is 1. The Morgan fingerprint density at radius 1 is 1.30 bits per heavy atom. The number of aliphatic carboxylic acids is 1. The van der Waals surface area contributed by atoms with E-state index in [1.54, 1.807) is 7.05 Å². The molecule has 164 valence electrons. The van der Waals surface area contributed by atoms with E-state index in [0.717, 1.165) is 24.1 Å². The first-order valence-electron chi connectivity index (χ1n) is 10.2. The third-order valence-corrected chi connectivity index (χ3v) is 5.56. The van der Waals surface area contributed by atoms with Crippen LogP contribution in [0.2, 0.25) is 0 Å². The predicted octanol–water partition coefficient (Wildman–Crippen LogP) is 2.24. The van der Waals surface area contributed by atoms with Crippen LogP contribution >= 0.6 is 0 Å². The standard InChI is InChI=1S/C23H33N3O4/c1-15(22(29)30)11-13-26(6)21(28)19(23(2,3)4)24-20(27)18-17-10-8-7-9-16(17)12-14-25(18)5/h7-11,18-19H,12-14H2,1-6H3,(H,24,27)(H,29,30)/b15-11+. The molecular weight excluding hydrogens is 382 g/mol. The van der Waals surface area contributed by atoms with Crippen molar-refractivity contribution in [2.45, 2.75) is 46.2 Å². The molecule has 1 aromatic carbocycles. The molecule has 1 aliphatic rings. The van der Waals surface area contributed by atoms with Gasteiger partial charge in [-0.3, -0.25) is 14.5 Å². The number of nitrogens with zero attached hydrogens (tertiary/aromatic N) is 2. The number of likely N-dealkylation sites (N-methyl/N-ethyl adjacent to an activating group) is 2. The van der Waals surface area contributed by atoms with Crippen LogP contribution in [0.1, 0.15) is 44.9 Å². The number of carboxylic acids is 1. The van der Waals surface area contributed by atoms with E-state index in [-0.39, 0.29) is 23.9 Å². The van der Waals surface area contributed by atoms with Gasteiger partial charge in [0.05, 0.1) is 0 Å². The Kier molecular flexibility index (Phi) is 7.42. The zero-order chi connectivity index (χ0) is 22.6. The smallest absolute Gasteiger partial charge is 0.331 e. The van der Waals surface area contributed by atoms with Crippen molar-refractivity contribution in [3.05, 3.63) is 47.0 Å². The molecule has 2 atom stereocenters. The fourth-order valence-corrected chi connectivity index (χ4v) is 3.57. The second-order valence-corrected chi connectivity index (χ2v) is 9.05. The Balaban J connectivity index is 2.23. The molecule has 0 aromatic heterocycles. The van der Waals surface area contributed by atoms with Crippen LogP contribution in [0.25, 0.3) is 0 Å². The summed E-state index contributed by atoms with van der Waals surface area (Å²) < 4.78 is 0. The summed E-state index contributed by atoms with van der Waals surface area (Å²) in [6.45, 7) is 8.12. The number of nitrogens with one attached hydrogen (secondary N) is 1. The highest BCUT2D eigenvalue weighted by atomic mass is 16.4. The van der Waals surface area contributed by atoms with Crippen molar-refractivity contribution < 1.29 is 19.5 Å². The molecule has 1 heterocycles. The fraction of sp³-hybridized carbons (Fsp3) is 0.522. The highest BCUT2D eigenvalue weighted by Gasteiger charge is 2.38. The quantitative estimate of drug-likeness (QED) is 0.696. The minimum Gasteiger partial charge on any atom is -0.478 e. The highest BCUT2D eigenvalue weighted by molar-refractivity contribution is 5.91. The van der Waals surface area contributed by atoms with Crippen LogP contribution in [0, 0.1) is 5.41 Å². The Bertz CT molecular complexity index is 841. The summed E-state index contributed by atoms with van der Waals surface area (Å²) in [6, 6.07) is 6.72. The number of amides is 2. The van der Waals surface area contributed by atoms with E-state index >= 15 is 0 Å². The Hall–Kier alpha value is -2.67. The molecule has 0 saturated carbocycles. The second-order valence-electron chi connectivity index (χ2n) is 9.05. The SMILES string of the molecule is C/C(=C\CN(C)C(=O)C(NC(=O)C1c2ccccc2CCN1C)C(C)(C)C)C(=O)O. The van der Waals surface area contributed by atoms with Crippen LogP contribution in [-0.4, -0.2) is 65.9 Å². The zero-order valence-electron chi connectivity index (χ0n) is 18.7. The molecule has 30 heavy (non-hydrogen) atoms. The molecule has 2 rings (SSSR count). The topological polar surface area (TPSA) is 90.0 Å². The fourth-order valence-electron chi connectivity index (χ4n) is 3.57. The van der Waals surface area contributed by atoms with Crippen LogP contribution in [0.3, 0.4) is 0 Å². The Morgan fingerprint density at radius 2 is 1.93 bits per heavy atom. The lowest BCUT2D eigenvalue weighted by Gasteiger charge is -2.37. The van der Waals surface area contributed by atoms with Crippen molar-refractivity contribution >= 4 is 17.8 Å². The summed E-state index contributed by atoms with van der Waals surface area (Å²) in [4.78, 5) is 40.9. The molecule has 0 radical (unpaired) electrons. The number of fused-ring (bicyclic) bond motifs is 1. The average Bonchev–Trinajstić information content (AvgIpc) is 2.68. The molecular formula is C23H33N3O4. The number of rotatable bonds is 6. The van der Waals surface area contributed by atoms with Gasteiger partial charge in [-0.25, -0.2) is 4.79 Å². The number of carbonyl (C=O) groups excluding carboxylic acids is 2. The molecule has 2 N–H and O–H groups in total. The van der Waals surface area contributed by atoms with E-state index in [4.69, 9.17) is 5.11 Å². The van der Waals surface area contributed by atoms with E-state index in [0.29, 0.717) is 0 Å². The van der Waals surface area contributed by atoms with Gasteiger partial charge >= 0.3 is 5.97 Å². The van der Waals surface area contributed by atoms with Crippen molar-refractivity contribution in [3.8, 4) is 0 Å². The average molecular weight is 416 g/mol. The van der Waals surface area contributed by atoms with Gasteiger partial charge in [-0.05, 0) is 36.9 Å². The van der Waals surface area contributed by atoms with Crippen LogP contribution in [0.15, 0.2) is 35.9 Å². The van der Waals surface area contributed by atoms with E-state index in [2.05, 4.69) is 5.32 Å². The van der Waals surface area contributed by atoms with Gasteiger partial charge in [-0.15, -0.1) is 0 Å². The van der Waals surface area contributed by atoms with Gasteiger partial charge in [0.25, 0.3) is 0 Å². The first kappa shape index (κ1) is 23.6. The van der Waals surface area contributed by atoms with Gasteiger partial charge in [-0.1, -0.05) is 51.1 Å². The Morgan fingerprint density at radius 3 is 2.53 bits per heavy atom. The number of hydrogen-bond acceptors (Lipinski definition) is 4. The van der Waals surface area contributed by atoms with E-state index in [1.807, 2.05) is 57.0 Å². The van der Waals surface area contributed by atoms with Gasteiger partial charge in [0.2, 0.25) is 11.8 Å².